The minimum atomic E-state index is -0.737. The molecule has 0 radical (unpaired) electrons. The van der Waals surface area contributed by atoms with Gasteiger partial charge in [-0.1, -0.05) is 6.92 Å². The zero-order chi connectivity index (χ0) is 12.1. The third-order valence-electron chi connectivity index (χ3n) is 3.61. The molecule has 0 N–H and O–H groups in total. The Morgan fingerprint density at radius 3 is 2.38 bits per heavy atom. The van der Waals surface area contributed by atoms with Gasteiger partial charge in [0, 0.05) is 7.05 Å². The first-order chi connectivity index (χ1) is 7.41. The predicted molar refractivity (Wildman–Crippen MR) is 57.9 cm³/mol. The maximum absolute atomic E-state index is 12.2. The molecule has 2 fully saturated rings. The van der Waals surface area contributed by atoms with Crippen LogP contribution in [0.1, 0.15) is 27.2 Å². The fourth-order valence-electron chi connectivity index (χ4n) is 2.11. The number of likely N-dealkylation sites (N-methyl/N-ethyl adjacent to an activating group) is 1. The third kappa shape index (κ3) is 1.42. The zero-order valence-corrected chi connectivity index (χ0v) is 10.2. The van der Waals surface area contributed by atoms with Gasteiger partial charge in [-0.2, -0.15) is 0 Å². The molecule has 0 bridgehead atoms. The zero-order valence-electron chi connectivity index (χ0n) is 10.2. The maximum Gasteiger partial charge on any atom is 0.327 e. The fraction of sp³-hybridized carbons (Fsp3) is 0.818. The van der Waals surface area contributed by atoms with Gasteiger partial charge in [-0.3, -0.25) is 9.69 Å². The SMILES string of the molecule is CCC(C1CO1)N1C(=O)N(C)C(C)(C)C1=O. The van der Waals surface area contributed by atoms with Crippen molar-refractivity contribution in [2.24, 2.45) is 0 Å². The molecular weight excluding hydrogens is 208 g/mol. The number of rotatable bonds is 3. The van der Waals surface area contributed by atoms with Crippen molar-refractivity contribution < 1.29 is 14.3 Å². The highest BCUT2D eigenvalue weighted by molar-refractivity contribution is 6.06. The molecule has 2 aliphatic heterocycles. The summed E-state index contributed by atoms with van der Waals surface area (Å²) in [5.41, 5.74) is -0.737. The van der Waals surface area contributed by atoms with E-state index in [2.05, 4.69) is 0 Å². The van der Waals surface area contributed by atoms with Crippen molar-refractivity contribution >= 4 is 11.9 Å². The molecule has 2 unspecified atom stereocenters. The molecule has 2 heterocycles. The summed E-state index contributed by atoms with van der Waals surface area (Å²) in [6, 6.07) is -0.318. The molecule has 90 valence electrons. The van der Waals surface area contributed by atoms with Gasteiger partial charge >= 0.3 is 6.03 Å². The standard InChI is InChI=1S/C11H18N2O3/c1-5-7(8-6-16-8)13-9(14)11(2,3)12(4)10(13)15/h7-8H,5-6H2,1-4H3. The van der Waals surface area contributed by atoms with Crippen LogP contribution in [0.3, 0.4) is 0 Å². The Labute approximate surface area is 95.3 Å². The Balaban J connectivity index is 2.27. The summed E-state index contributed by atoms with van der Waals surface area (Å²) >= 11 is 0. The van der Waals surface area contributed by atoms with Gasteiger partial charge in [-0.25, -0.2) is 4.79 Å². The van der Waals surface area contributed by atoms with E-state index in [9.17, 15) is 9.59 Å². The maximum atomic E-state index is 12.2. The lowest BCUT2D eigenvalue weighted by atomic mass is 10.0. The van der Waals surface area contributed by atoms with Gasteiger partial charge in [0.25, 0.3) is 5.91 Å². The first kappa shape index (κ1) is 11.4. The number of epoxide rings is 1. The molecule has 2 aliphatic rings. The first-order valence-corrected chi connectivity index (χ1v) is 5.64. The van der Waals surface area contributed by atoms with Crippen molar-refractivity contribution in [2.45, 2.75) is 44.9 Å². The number of carbonyl (C=O) groups is 2. The summed E-state index contributed by atoms with van der Waals surface area (Å²) in [7, 11) is 1.67. The van der Waals surface area contributed by atoms with E-state index >= 15 is 0 Å². The largest absolute Gasteiger partial charge is 0.371 e. The molecule has 0 aromatic rings. The average molecular weight is 226 g/mol. The van der Waals surface area contributed by atoms with Crippen LogP contribution in [0.25, 0.3) is 0 Å². The number of urea groups is 1. The summed E-state index contributed by atoms with van der Waals surface area (Å²) in [4.78, 5) is 27.1. The van der Waals surface area contributed by atoms with E-state index in [1.54, 1.807) is 20.9 Å². The van der Waals surface area contributed by atoms with Crippen molar-refractivity contribution in [1.29, 1.82) is 0 Å². The summed E-state index contributed by atoms with van der Waals surface area (Å²) in [5.74, 6) is -0.123. The first-order valence-electron chi connectivity index (χ1n) is 5.64. The number of carbonyl (C=O) groups excluding carboxylic acids is 2. The highest BCUT2D eigenvalue weighted by Gasteiger charge is 2.54. The topological polar surface area (TPSA) is 53.2 Å². The predicted octanol–water partition coefficient (Wildman–Crippen LogP) is 0.836. The molecule has 0 spiro atoms. The molecule has 3 amide bonds. The molecule has 0 saturated carbocycles. The second-order valence-electron chi connectivity index (χ2n) is 4.92. The average Bonchev–Trinajstić information content (AvgIpc) is 3.03. The van der Waals surface area contributed by atoms with Crippen LogP contribution in [-0.2, 0) is 9.53 Å². The Hall–Kier alpha value is -1.10. The number of amides is 3. The number of imide groups is 1. The smallest absolute Gasteiger partial charge is 0.327 e. The van der Waals surface area contributed by atoms with E-state index in [0.29, 0.717) is 6.61 Å². The van der Waals surface area contributed by atoms with Gasteiger partial charge in [0.05, 0.1) is 12.6 Å². The van der Waals surface area contributed by atoms with Gasteiger partial charge in [0.2, 0.25) is 0 Å². The number of ether oxygens (including phenoxy) is 1. The Kier molecular flexibility index (Phi) is 2.45. The van der Waals surface area contributed by atoms with Crippen LogP contribution in [-0.4, -0.2) is 53.1 Å². The molecule has 5 nitrogen and oxygen atoms in total. The van der Waals surface area contributed by atoms with Crippen molar-refractivity contribution in [1.82, 2.24) is 9.80 Å². The lowest BCUT2D eigenvalue weighted by molar-refractivity contribution is -0.133. The Bertz CT molecular complexity index is 336. The van der Waals surface area contributed by atoms with Gasteiger partial charge in [0.15, 0.2) is 0 Å². The molecule has 0 aliphatic carbocycles. The highest BCUT2D eigenvalue weighted by Crippen LogP contribution is 2.32. The minimum Gasteiger partial charge on any atom is -0.371 e. The van der Waals surface area contributed by atoms with Crippen molar-refractivity contribution in [3.05, 3.63) is 0 Å². The van der Waals surface area contributed by atoms with Crippen LogP contribution in [0.15, 0.2) is 0 Å². The van der Waals surface area contributed by atoms with Crippen molar-refractivity contribution in [3.8, 4) is 0 Å². The number of hydrogen-bond donors (Lipinski definition) is 0. The van der Waals surface area contributed by atoms with Gasteiger partial charge in [-0.05, 0) is 20.3 Å². The Morgan fingerprint density at radius 2 is 2.06 bits per heavy atom. The number of nitrogens with zero attached hydrogens (tertiary/aromatic N) is 2. The van der Waals surface area contributed by atoms with Crippen LogP contribution in [0.2, 0.25) is 0 Å². The van der Waals surface area contributed by atoms with Crippen LogP contribution in [0.4, 0.5) is 4.79 Å². The molecular formula is C11H18N2O3. The van der Waals surface area contributed by atoms with E-state index in [0.717, 1.165) is 6.42 Å². The second kappa shape index (κ2) is 3.45. The molecule has 0 aromatic heterocycles. The highest BCUT2D eigenvalue weighted by atomic mass is 16.6. The monoisotopic (exact) mass is 226 g/mol. The van der Waals surface area contributed by atoms with Crippen LogP contribution >= 0.6 is 0 Å². The molecule has 2 atom stereocenters. The van der Waals surface area contributed by atoms with E-state index < -0.39 is 5.54 Å². The van der Waals surface area contributed by atoms with Crippen molar-refractivity contribution in [3.63, 3.8) is 0 Å². The minimum absolute atomic E-state index is 0.0419. The van der Waals surface area contributed by atoms with Gasteiger partial charge in [-0.15, -0.1) is 0 Å². The Morgan fingerprint density at radius 1 is 1.50 bits per heavy atom. The van der Waals surface area contributed by atoms with E-state index in [4.69, 9.17) is 4.74 Å². The van der Waals surface area contributed by atoms with E-state index in [1.165, 1.54) is 9.80 Å². The van der Waals surface area contributed by atoms with E-state index in [-0.39, 0.29) is 24.1 Å². The third-order valence-corrected chi connectivity index (χ3v) is 3.61. The van der Waals surface area contributed by atoms with Crippen molar-refractivity contribution in [2.75, 3.05) is 13.7 Å². The summed E-state index contributed by atoms with van der Waals surface area (Å²) in [6.07, 6.45) is 0.784. The van der Waals surface area contributed by atoms with Crippen LogP contribution in [0.5, 0.6) is 0 Å². The number of hydrogen-bond acceptors (Lipinski definition) is 3. The summed E-state index contributed by atoms with van der Waals surface area (Å²) < 4.78 is 5.21. The molecule has 16 heavy (non-hydrogen) atoms. The van der Waals surface area contributed by atoms with Crippen LogP contribution in [0, 0.1) is 0 Å². The summed E-state index contributed by atoms with van der Waals surface area (Å²) in [5, 5.41) is 0. The summed E-state index contributed by atoms with van der Waals surface area (Å²) in [6.45, 7) is 6.17. The molecule has 5 heteroatoms. The molecule has 2 rings (SSSR count). The fourth-order valence-corrected chi connectivity index (χ4v) is 2.11. The van der Waals surface area contributed by atoms with Crippen LogP contribution < -0.4 is 0 Å². The lowest BCUT2D eigenvalue weighted by Gasteiger charge is -2.23. The normalized spacial score (nSPS) is 29.9. The van der Waals surface area contributed by atoms with Gasteiger partial charge < -0.3 is 9.64 Å². The van der Waals surface area contributed by atoms with E-state index in [1.807, 2.05) is 6.92 Å². The van der Waals surface area contributed by atoms with Gasteiger partial charge in [0.1, 0.15) is 11.6 Å². The lowest BCUT2D eigenvalue weighted by Crippen LogP contribution is -2.45. The molecule has 2 saturated heterocycles. The second-order valence-corrected chi connectivity index (χ2v) is 4.92. The molecule has 0 aromatic carbocycles. The quantitative estimate of drug-likeness (QED) is 0.529.